The van der Waals surface area contributed by atoms with E-state index in [4.69, 9.17) is 11.6 Å². The average Bonchev–Trinajstić information content (AvgIpc) is 2.64. The normalized spacial score (nSPS) is 48.7. The first kappa shape index (κ1) is 9.79. The minimum absolute atomic E-state index is 0.0561. The van der Waals surface area contributed by atoms with E-state index in [0.717, 1.165) is 5.92 Å². The summed E-state index contributed by atoms with van der Waals surface area (Å²) < 4.78 is 0. The summed E-state index contributed by atoms with van der Waals surface area (Å²) >= 11 is 6.18. The highest BCUT2D eigenvalue weighted by Crippen LogP contribution is 2.52. The van der Waals surface area contributed by atoms with Gasteiger partial charge in [0.05, 0.1) is 11.5 Å². The number of aliphatic hydroxyl groups is 1. The van der Waals surface area contributed by atoms with Crippen molar-refractivity contribution in [2.24, 2.45) is 17.8 Å². The Morgan fingerprint density at radius 1 is 1.38 bits per heavy atom. The van der Waals surface area contributed by atoms with Crippen molar-refractivity contribution in [1.29, 1.82) is 0 Å². The first-order valence-electron chi connectivity index (χ1n) is 5.56. The van der Waals surface area contributed by atoms with E-state index in [1.165, 1.54) is 32.1 Å². The van der Waals surface area contributed by atoms with Crippen LogP contribution >= 0.6 is 11.6 Å². The van der Waals surface area contributed by atoms with Gasteiger partial charge < -0.3 is 5.11 Å². The lowest BCUT2D eigenvalue weighted by molar-refractivity contribution is 0.0968. The van der Waals surface area contributed by atoms with Crippen LogP contribution in [0.15, 0.2) is 0 Å². The summed E-state index contributed by atoms with van der Waals surface area (Å²) in [5, 5.41) is 9.76. The molecule has 1 nitrogen and oxygen atoms in total. The molecule has 5 unspecified atom stereocenters. The zero-order valence-corrected chi connectivity index (χ0v) is 9.00. The average molecular weight is 203 g/mol. The van der Waals surface area contributed by atoms with E-state index >= 15 is 0 Å². The van der Waals surface area contributed by atoms with E-state index in [0.29, 0.717) is 11.8 Å². The van der Waals surface area contributed by atoms with Crippen molar-refractivity contribution in [1.82, 2.24) is 0 Å². The molecule has 2 bridgehead atoms. The van der Waals surface area contributed by atoms with Crippen LogP contribution in [0.25, 0.3) is 0 Å². The van der Waals surface area contributed by atoms with Crippen LogP contribution < -0.4 is 0 Å². The van der Waals surface area contributed by atoms with Crippen molar-refractivity contribution in [3.8, 4) is 0 Å². The summed E-state index contributed by atoms with van der Waals surface area (Å²) in [6.45, 7) is 2.24. The molecule has 0 amide bonds. The number of aliphatic hydroxyl groups excluding tert-OH is 1. The number of hydrogen-bond acceptors (Lipinski definition) is 1. The molecule has 5 atom stereocenters. The first-order chi connectivity index (χ1) is 6.24. The zero-order chi connectivity index (χ0) is 9.42. The molecule has 0 aliphatic heterocycles. The molecule has 2 aliphatic carbocycles. The third-order valence-corrected chi connectivity index (χ3v) is 4.51. The van der Waals surface area contributed by atoms with Gasteiger partial charge in [-0.25, -0.2) is 0 Å². The van der Waals surface area contributed by atoms with E-state index < -0.39 is 0 Å². The van der Waals surface area contributed by atoms with Gasteiger partial charge in [-0.2, -0.15) is 0 Å². The van der Waals surface area contributed by atoms with Gasteiger partial charge >= 0.3 is 0 Å². The lowest BCUT2D eigenvalue weighted by Crippen LogP contribution is -2.32. The van der Waals surface area contributed by atoms with Crippen LogP contribution in [0.4, 0.5) is 0 Å². The second kappa shape index (κ2) is 3.78. The number of rotatable bonds is 3. The summed E-state index contributed by atoms with van der Waals surface area (Å²) in [7, 11) is 0. The van der Waals surface area contributed by atoms with E-state index in [9.17, 15) is 5.11 Å². The Morgan fingerprint density at radius 3 is 2.69 bits per heavy atom. The molecule has 0 heterocycles. The first-order valence-corrected chi connectivity index (χ1v) is 5.99. The SMILES string of the molecule is CCCCC1CC2CC1C(Cl)C2O. The van der Waals surface area contributed by atoms with Gasteiger partial charge in [0.1, 0.15) is 0 Å². The lowest BCUT2D eigenvalue weighted by atomic mass is 9.83. The Hall–Kier alpha value is 0.250. The largest absolute Gasteiger partial charge is 0.391 e. The number of alkyl halides is 1. The molecule has 2 heteroatoms. The van der Waals surface area contributed by atoms with E-state index in [2.05, 4.69) is 6.92 Å². The van der Waals surface area contributed by atoms with Crippen LogP contribution in [0, 0.1) is 17.8 Å². The van der Waals surface area contributed by atoms with Crippen LogP contribution in [-0.4, -0.2) is 16.6 Å². The number of hydrogen-bond donors (Lipinski definition) is 1. The molecule has 0 saturated heterocycles. The van der Waals surface area contributed by atoms with Crippen molar-refractivity contribution in [2.45, 2.75) is 50.5 Å². The molecule has 0 aromatic heterocycles. The smallest absolute Gasteiger partial charge is 0.0734 e. The van der Waals surface area contributed by atoms with E-state index in [1.807, 2.05) is 0 Å². The highest BCUT2D eigenvalue weighted by atomic mass is 35.5. The maximum atomic E-state index is 9.70. The third kappa shape index (κ3) is 1.61. The molecule has 76 valence electrons. The van der Waals surface area contributed by atoms with Crippen molar-refractivity contribution in [3.63, 3.8) is 0 Å². The fraction of sp³-hybridized carbons (Fsp3) is 1.00. The Bertz CT molecular complexity index is 181. The third-order valence-electron chi connectivity index (χ3n) is 3.93. The number of unbranched alkanes of at least 4 members (excludes halogenated alkanes) is 1. The van der Waals surface area contributed by atoms with Gasteiger partial charge in [0.2, 0.25) is 0 Å². The molecule has 2 saturated carbocycles. The van der Waals surface area contributed by atoms with Gasteiger partial charge in [-0.3, -0.25) is 0 Å². The van der Waals surface area contributed by atoms with Gasteiger partial charge in [-0.15, -0.1) is 11.6 Å². The molecule has 2 aliphatic rings. The maximum absolute atomic E-state index is 9.70. The molecule has 2 fully saturated rings. The fourth-order valence-electron chi connectivity index (χ4n) is 3.18. The van der Waals surface area contributed by atoms with Gasteiger partial charge in [-0.1, -0.05) is 26.2 Å². The van der Waals surface area contributed by atoms with Crippen molar-refractivity contribution >= 4 is 11.6 Å². The topological polar surface area (TPSA) is 20.2 Å². The molecular weight excluding hydrogens is 184 g/mol. The predicted molar refractivity (Wildman–Crippen MR) is 54.9 cm³/mol. The Balaban J connectivity index is 1.90. The monoisotopic (exact) mass is 202 g/mol. The van der Waals surface area contributed by atoms with Crippen molar-refractivity contribution in [3.05, 3.63) is 0 Å². The zero-order valence-electron chi connectivity index (χ0n) is 8.25. The van der Waals surface area contributed by atoms with Crippen LogP contribution in [0.3, 0.4) is 0 Å². The van der Waals surface area contributed by atoms with Gasteiger partial charge in [-0.05, 0) is 30.6 Å². The molecule has 0 radical (unpaired) electrons. The summed E-state index contributed by atoms with van der Waals surface area (Å²) in [6, 6.07) is 0. The van der Waals surface area contributed by atoms with Crippen molar-refractivity contribution < 1.29 is 5.11 Å². The molecule has 0 spiro atoms. The Morgan fingerprint density at radius 2 is 2.15 bits per heavy atom. The van der Waals surface area contributed by atoms with Crippen LogP contribution in [0.2, 0.25) is 0 Å². The standard InChI is InChI=1S/C11H19ClO/c1-2-3-4-7-5-8-6-9(7)10(12)11(8)13/h7-11,13H,2-6H2,1H3. The highest BCUT2D eigenvalue weighted by molar-refractivity contribution is 6.21. The molecule has 0 aromatic carbocycles. The summed E-state index contributed by atoms with van der Waals surface area (Å²) in [5.74, 6) is 1.96. The summed E-state index contributed by atoms with van der Waals surface area (Å²) in [5.41, 5.74) is 0. The fourth-order valence-corrected chi connectivity index (χ4v) is 3.70. The van der Waals surface area contributed by atoms with Crippen LogP contribution in [0.5, 0.6) is 0 Å². The summed E-state index contributed by atoms with van der Waals surface area (Å²) in [4.78, 5) is 0. The predicted octanol–water partition coefficient (Wildman–Crippen LogP) is 2.80. The minimum atomic E-state index is -0.204. The Kier molecular flexibility index (Phi) is 2.85. The number of fused-ring (bicyclic) bond motifs is 2. The molecular formula is C11H19ClO. The molecule has 0 aromatic rings. The van der Waals surface area contributed by atoms with Crippen LogP contribution in [-0.2, 0) is 0 Å². The van der Waals surface area contributed by atoms with Crippen molar-refractivity contribution in [2.75, 3.05) is 0 Å². The van der Waals surface area contributed by atoms with Gasteiger partial charge in [0, 0.05) is 0 Å². The van der Waals surface area contributed by atoms with E-state index in [1.54, 1.807) is 0 Å². The summed E-state index contributed by atoms with van der Waals surface area (Å²) in [6.07, 6.45) is 6.15. The lowest BCUT2D eigenvalue weighted by Gasteiger charge is -2.29. The molecule has 1 N–H and O–H groups in total. The molecule has 2 rings (SSSR count). The molecule has 13 heavy (non-hydrogen) atoms. The van der Waals surface area contributed by atoms with Gasteiger partial charge in [0.15, 0.2) is 0 Å². The maximum Gasteiger partial charge on any atom is 0.0734 e. The quantitative estimate of drug-likeness (QED) is 0.698. The van der Waals surface area contributed by atoms with Crippen LogP contribution in [0.1, 0.15) is 39.0 Å². The Labute approximate surface area is 85.5 Å². The number of halogens is 1. The highest BCUT2D eigenvalue weighted by Gasteiger charge is 2.50. The van der Waals surface area contributed by atoms with E-state index in [-0.39, 0.29) is 11.5 Å². The second-order valence-corrected chi connectivity index (χ2v) is 5.24. The minimum Gasteiger partial charge on any atom is -0.391 e. The van der Waals surface area contributed by atoms with Gasteiger partial charge in [0.25, 0.3) is 0 Å². The second-order valence-electron chi connectivity index (χ2n) is 4.73.